The number of pyridine rings is 1. The maximum atomic E-state index is 13.0. The first-order valence-corrected chi connectivity index (χ1v) is 5.69. The van der Waals surface area contributed by atoms with Gasteiger partial charge in [0.1, 0.15) is 24.2 Å². The summed E-state index contributed by atoms with van der Waals surface area (Å²) in [6.45, 7) is 0. The Hall–Kier alpha value is -1.69. The lowest BCUT2D eigenvalue weighted by molar-refractivity contribution is 0.379. The fraction of sp³-hybridized carbons (Fsp3) is 0.182. The second-order valence-electron chi connectivity index (χ2n) is 3.40. The minimum atomic E-state index is -0.331. The Morgan fingerprint density at radius 3 is 3.12 bits per heavy atom. The van der Waals surface area contributed by atoms with Crippen LogP contribution in [0.25, 0.3) is 0 Å². The molecule has 1 aliphatic rings. The second kappa shape index (κ2) is 5.58. The van der Waals surface area contributed by atoms with E-state index in [9.17, 15) is 4.39 Å². The molecular weight excluding hydrogens is 241 g/mol. The highest BCUT2D eigenvalue weighted by Gasteiger charge is 2.14. The fourth-order valence-electron chi connectivity index (χ4n) is 1.38. The van der Waals surface area contributed by atoms with Crippen molar-refractivity contribution in [2.75, 3.05) is 11.1 Å². The number of nitrogens with zero attached hydrogens (tertiary/aromatic N) is 1. The molecule has 0 radical (unpaired) electrons. The summed E-state index contributed by atoms with van der Waals surface area (Å²) >= 11 is 4.24. The topological polar surface area (TPSA) is 46.2 Å². The van der Waals surface area contributed by atoms with E-state index in [2.05, 4.69) is 28.2 Å². The van der Waals surface area contributed by atoms with Crippen molar-refractivity contribution in [3.8, 4) is 0 Å². The van der Waals surface area contributed by atoms with Gasteiger partial charge in [-0.05, 0) is 6.07 Å². The van der Waals surface area contributed by atoms with E-state index < -0.39 is 0 Å². The van der Waals surface area contributed by atoms with Crippen molar-refractivity contribution in [1.29, 1.82) is 0 Å². The molecule has 4 nitrogen and oxygen atoms in total. The quantitative estimate of drug-likeness (QED) is 0.717. The van der Waals surface area contributed by atoms with Crippen LogP contribution in [0.3, 0.4) is 0 Å². The Morgan fingerprint density at radius 1 is 1.59 bits per heavy atom. The highest BCUT2D eigenvalue weighted by molar-refractivity contribution is 7.80. The normalized spacial score (nSPS) is 15.5. The molecular formula is C11H12FN3OS. The summed E-state index contributed by atoms with van der Waals surface area (Å²) in [5.74, 6) is 0.650. The summed E-state index contributed by atoms with van der Waals surface area (Å²) in [4.78, 5) is 4.02. The lowest BCUT2D eigenvalue weighted by Gasteiger charge is -2.21. The zero-order chi connectivity index (χ0) is 12.1. The molecule has 2 heterocycles. The van der Waals surface area contributed by atoms with E-state index in [1.165, 1.54) is 24.6 Å². The number of hydrogen-bond acceptors (Lipinski definition) is 5. The van der Waals surface area contributed by atoms with Crippen molar-refractivity contribution < 1.29 is 9.13 Å². The Balaban J connectivity index is 2.07. The molecule has 0 spiro atoms. The van der Waals surface area contributed by atoms with Crippen molar-refractivity contribution >= 4 is 18.4 Å². The smallest absolute Gasteiger partial charge is 0.129 e. The summed E-state index contributed by atoms with van der Waals surface area (Å²) in [6.07, 6.45) is 6.19. The maximum absolute atomic E-state index is 13.0. The number of thiol groups is 1. The molecule has 6 heteroatoms. The van der Waals surface area contributed by atoms with Crippen LogP contribution >= 0.6 is 12.6 Å². The van der Waals surface area contributed by atoms with Crippen molar-refractivity contribution in [2.24, 2.45) is 0 Å². The fourth-order valence-corrected chi connectivity index (χ4v) is 1.67. The number of halogens is 1. The van der Waals surface area contributed by atoms with E-state index >= 15 is 0 Å². The van der Waals surface area contributed by atoms with Gasteiger partial charge in [0.2, 0.25) is 0 Å². The molecule has 2 rings (SSSR count). The second-order valence-corrected chi connectivity index (χ2v) is 3.76. The minimum Gasteiger partial charge on any atom is -0.469 e. The van der Waals surface area contributed by atoms with Crippen LogP contribution in [0.1, 0.15) is 0 Å². The van der Waals surface area contributed by atoms with Gasteiger partial charge in [-0.3, -0.25) is 0 Å². The highest BCUT2D eigenvalue weighted by atomic mass is 32.1. The van der Waals surface area contributed by atoms with Crippen molar-refractivity contribution in [3.63, 3.8) is 0 Å². The predicted octanol–water partition coefficient (Wildman–Crippen LogP) is 1.86. The van der Waals surface area contributed by atoms with Gasteiger partial charge in [-0.25, -0.2) is 9.37 Å². The number of anilines is 1. The SMILES string of the molecule is Fc1ccnc(NC(CS)C2=COC=CN2)c1. The molecule has 0 amide bonds. The van der Waals surface area contributed by atoms with Crippen LogP contribution in [0.5, 0.6) is 0 Å². The molecule has 0 bridgehead atoms. The Bertz CT molecular complexity index is 450. The average Bonchev–Trinajstić information content (AvgIpc) is 2.37. The maximum Gasteiger partial charge on any atom is 0.129 e. The molecule has 0 fully saturated rings. The number of nitrogens with one attached hydrogen (secondary N) is 2. The van der Waals surface area contributed by atoms with Crippen LogP contribution in [0.15, 0.2) is 42.8 Å². The van der Waals surface area contributed by atoms with Gasteiger partial charge in [0.15, 0.2) is 0 Å². The van der Waals surface area contributed by atoms with Gasteiger partial charge in [-0.1, -0.05) is 0 Å². The van der Waals surface area contributed by atoms with Crippen LogP contribution in [-0.4, -0.2) is 16.8 Å². The molecule has 1 aromatic rings. The first-order chi connectivity index (χ1) is 8.29. The van der Waals surface area contributed by atoms with Crippen molar-refractivity contribution in [3.05, 3.63) is 48.6 Å². The molecule has 2 N–H and O–H groups in total. The lowest BCUT2D eigenvalue weighted by atomic mass is 10.2. The van der Waals surface area contributed by atoms with Gasteiger partial charge in [-0.2, -0.15) is 12.6 Å². The van der Waals surface area contributed by atoms with Gasteiger partial charge in [0.25, 0.3) is 0 Å². The van der Waals surface area contributed by atoms with Crippen LogP contribution in [0.4, 0.5) is 10.2 Å². The lowest BCUT2D eigenvalue weighted by Crippen LogP contribution is -2.31. The van der Waals surface area contributed by atoms with Gasteiger partial charge in [0, 0.05) is 24.2 Å². The Kier molecular flexibility index (Phi) is 3.87. The third-order valence-electron chi connectivity index (χ3n) is 2.19. The van der Waals surface area contributed by atoms with Gasteiger partial charge in [-0.15, -0.1) is 0 Å². The minimum absolute atomic E-state index is 0.127. The van der Waals surface area contributed by atoms with Crippen molar-refractivity contribution in [2.45, 2.75) is 6.04 Å². The predicted molar refractivity (Wildman–Crippen MR) is 66.9 cm³/mol. The third kappa shape index (κ3) is 3.13. The molecule has 90 valence electrons. The first kappa shape index (κ1) is 11.8. The Morgan fingerprint density at radius 2 is 2.47 bits per heavy atom. The molecule has 17 heavy (non-hydrogen) atoms. The van der Waals surface area contributed by atoms with Crippen LogP contribution < -0.4 is 10.6 Å². The number of ether oxygens (including phenoxy) is 1. The molecule has 1 atom stereocenters. The van der Waals surface area contributed by atoms with Crippen LogP contribution in [0.2, 0.25) is 0 Å². The van der Waals surface area contributed by atoms with E-state index in [1.807, 2.05) is 0 Å². The van der Waals surface area contributed by atoms with Gasteiger partial charge < -0.3 is 15.4 Å². The number of hydrogen-bond donors (Lipinski definition) is 3. The number of aromatic nitrogens is 1. The monoisotopic (exact) mass is 253 g/mol. The van der Waals surface area contributed by atoms with E-state index in [0.29, 0.717) is 11.6 Å². The van der Waals surface area contributed by atoms with Crippen LogP contribution in [0, 0.1) is 5.82 Å². The molecule has 1 aromatic heterocycles. The van der Waals surface area contributed by atoms with Gasteiger partial charge in [0.05, 0.1) is 11.7 Å². The van der Waals surface area contributed by atoms with E-state index in [1.54, 1.807) is 12.5 Å². The third-order valence-corrected chi connectivity index (χ3v) is 2.56. The molecule has 1 unspecified atom stereocenters. The van der Waals surface area contributed by atoms with Gasteiger partial charge >= 0.3 is 0 Å². The molecule has 0 saturated heterocycles. The van der Waals surface area contributed by atoms with E-state index in [0.717, 1.165) is 5.70 Å². The van der Waals surface area contributed by atoms with E-state index in [4.69, 9.17) is 4.74 Å². The summed E-state index contributed by atoms with van der Waals surface area (Å²) in [6, 6.07) is 2.50. The molecule has 0 aromatic carbocycles. The number of rotatable bonds is 4. The molecule has 0 saturated carbocycles. The summed E-state index contributed by atoms with van der Waals surface area (Å²) in [5, 5.41) is 6.09. The summed E-state index contributed by atoms with van der Waals surface area (Å²) in [7, 11) is 0. The molecule has 0 aliphatic carbocycles. The first-order valence-electron chi connectivity index (χ1n) is 5.05. The Labute approximate surface area is 104 Å². The molecule has 1 aliphatic heterocycles. The summed E-state index contributed by atoms with van der Waals surface area (Å²) < 4.78 is 18.1. The van der Waals surface area contributed by atoms with Crippen LogP contribution in [-0.2, 0) is 4.74 Å². The zero-order valence-corrected chi connectivity index (χ0v) is 9.82. The van der Waals surface area contributed by atoms with Crippen molar-refractivity contribution in [1.82, 2.24) is 10.3 Å². The highest BCUT2D eigenvalue weighted by Crippen LogP contribution is 2.12. The average molecular weight is 253 g/mol. The summed E-state index contributed by atoms with van der Waals surface area (Å²) in [5.41, 5.74) is 0.813. The zero-order valence-electron chi connectivity index (χ0n) is 8.93. The largest absolute Gasteiger partial charge is 0.469 e. The van der Waals surface area contributed by atoms with E-state index in [-0.39, 0.29) is 11.9 Å². The standard InChI is InChI=1S/C11H12FN3OS/c12-8-1-2-14-11(5-8)15-10(7-17)9-6-16-4-3-13-9/h1-6,10,13,17H,7H2,(H,14,15).